The standard InChI is InChI=1S/C19H19F2N7O3/c1-19(2,3)15-6-16(27-30-15)25-18(29)24-10-4-11(20)17(12(21)5-10)31-28-9-22-7-13-14(28)8-23-26-13/h4-9,23,26H,1-3H3,(H2,24,25,27,29). The highest BCUT2D eigenvalue weighted by molar-refractivity contribution is 5.99. The van der Waals surface area contributed by atoms with Gasteiger partial charge >= 0.3 is 6.03 Å². The largest absolute Gasteiger partial charge is 0.367 e. The van der Waals surface area contributed by atoms with Gasteiger partial charge in [-0.15, -0.1) is 0 Å². The molecule has 4 rings (SSSR count). The first kappa shape index (κ1) is 20.2. The van der Waals surface area contributed by atoms with Crippen molar-refractivity contribution in [1.29, 1.82) is 0 Å². The molecule has 162 valence electrons. The smallest absolute Gasteiger partial charge is 0.324 e. The molecule has 0 spiro atoms. The molecule has 0 saturated carbocycles. The number of hydrogen-bond donors (Lipinski definition) is 4. The summed E-state index contributed by atoms with van der Waals surface area (Å²) in [4.78, 5) is 21.4. The van der Waals surface area contributed by atoms with Crippen LogP contribution >= 0.6 is 0 Å². The molecular weight excluding hydrogens is 412 g/mol. The first-order chi connectivity index (χ1) is 14.7. The number of hydrazine groups is 1. The van der Waals surface area contributed by atoms with E-state index in [-0.39, 0.29) is 16.9 Å². The molecule has 1 aromatic carbocycles. The van der Waals surface area contributed by atoms with Crippen molar-refractivity contribution in [2.24, 2.45) is 4.99 Å². The number of carbonyl (C=O) groups excluding carboxylic acids is 1. The summed E-state index contributed by atoms with van der Waals surface area (Å²) in [5.74, 6) is -1.95. The number of aliphatic imine (C=N–C) groups is 1. The topological polar surface area (TPSA) is 116 Å². The zero-order valence-corrected chi connectivity index (χ0v) is 16.8. The molecule has 31 heavy (non-hydrogen) atoms. The SMILES string of the molecule is CC(C)(C)c1cc(NC(=O)Nc2cc(F)c(ON3C=NC=C4NNC=C43)c(F)c2)no1. The molecule has 0 atom stereocenters. The molecule has 10 nitrogen and oxygen atoms in total. The molecule has 1 aromatic heterocycles. The number of hydroxylamine groups is 2. The summed E-state index contributed by atoms with van der Waals surface area (Å²) < 4.78 is 34.2. The lowest BCUT2D eigenvalue weighted by Gasteiger charge is -2.23. The summed E-state index contributed by atoms with van der Waals surface area (Å²) in [6, 6.07) is 2.69. The lowest BCUT2D eigenvalue weighted by Crippen LogP contribution is -2.30. The zero-order chi connectivity index (χ0) is 22.2. The number of urea groups is 1. The fourth-order valence-electron chi connectivity index (χ4n) is 2.69. The first-order valence-corrected chi connectivity index (χ1v) is 9.18. The number of benzene rings is 1. The van der Waals surface area contributed by atoms with Crippen LogP contribution in [0.15, 0.2) is 51.5 Å². The van der Waals surface area contributed by atoms with E-state index in [1.165, 1.54) is 12.5 Å². The van der Waals surface area contributed by atoms with Gasteiger partial charge in [0.05, 0.1) is 6.20 Å². The van der Waals surface area contributed by atoms with Gasteiger partial charge in [0.1, 0.15) is 23.5 Å². The second-order valence-electron chi connectivity index (χ2n) is 7.70. The van der Waals surface area contributed by atoms with Gasteiger partial charge in [-0.05, 0) is 0 Å². The molecule has 2 aliphatic rings. The third-order valence-corrected chi connectivity index (χ3v) is 4.24. The molecule has 0 bridgehead atoms. The van der Waals surface area contributed by atoms with Crippen LogP contribution in [-0.4, -0.2) is 22.6 Å². The van der Waals surface area contributed by atoms with Gasteiger partial charge in [0.25, 0.3) is 0 Å². The van der Waals surface area contributed by atoms with E-state index in [4.69, 9.17) is 9.36 Å². The molecule has 0 unspecified atom stereocenters. The molecule has 2 amide bonds. The van der Waals surface area contributed by atoms with Crippen molar-refractivity contribution in [3.8, 4) is 5.75 Å². The average Bonchev–Trinajstić information content (AvgIpc) is 3.34. The minimum Gasteiger partial charge on any atom is -0.367 e. The van der Waals surface area contributed by atoms with Gasteiger partial charge in [-0.1, -0.05) is 25.9 Å². The second kappa shape index (κ2) is 7.63. The van der Waals surface area contributed by atoms with Gasteiger partial charge in [-0.2, -0.15) is 5.06 Å². The number of carbonyl (C=O) groups is 1. The van der Waals surface area contributed by atoms with Crippen molar-refractivity contribution < 1.29 is 22.9 Å². The van der Waals surface area contributed by atoms with Crippen LogP contribution in [0.3, 0.4) is 0 Å². The average molecular weight is 431 g/mol. The highest BCUT2D eigenvalue weighted by Gasteiger charge is 2.25. The van der Waals surface area contributed by atoms with Crippen molar-refractivity contribution in [3.05, 3.63) is 59.4 Å². The number of fused-ring (bicyclic) bond motifs is 1. The number of hydrogen-bond acceptors (Lipinski definition) is 8. The molecule has 0 saturated heterocycles. The van der Waals surface area contributed by atoms with Gasteiger partial charge in [0, 0.05) is 35.5 Å². The third-order valence-electron chi connectivity index (χ3n) is 4.24. The summed E-state index contributed by atoms with van der Waals surface area (Å²) in [5.41, 5.74) is 6.18. The Bertz CT molecular complexity index is 1090. The molecule has 3 heterocycles. The predicted molar refractivity (Wildman–Crippen MR) is 108 cm³/mol. The van der Waals surface area contributed by atoms with Crippen LogP contribution in [0.4, 0.5) is 25.1 Å². The minimum atomic E-state index is -1.02. The van der Waals surface area contributed by atoms with Gasteiger partial charge in [0.2, 0.25) is 5.75 Å². The van der Waals surface area contributed by atoms with E-state index in [0.717, 1.165) is 17.2 Å². The summed E-state index contributed by atoms with van der Waals surface area (Å²) in [6.07, 6.45) is 4.32. The van der Waals surface area contributed by atoms with Crippen LogP contribution in [0.5, 0.6) is 5.75 Å². The van der Waals surface area contributed by atoms with Crippen LogP contribution < -0.4 is 26.3 Å². The van der Waals surface area contributed by atoms with Crippen LogP contribution in [0.2, 0.25) is 0 Å². The lowest BCUT2D eigenvalue weighted by atomic mass is 9.93. The van der Waals surface area contributed by atoms with Crippen LogP contribution in [0.25, 0.3) is 0 Å². The van der Waals surface area contributed by atoms with Crippen molar-refractivity contribution in [2.45, 2.75) is 26.2 Å². The van der Waals surface area contributed by atoms with E-state index >= 15 is 0 Å². The van der Waals surface area contributed by atoms with E-state index in [2.05, 4.69) is 31.6 Å². The molecule has 0 aliphatic carbocycles. The van der Waals surface area contributed by atoms with Crippen LogP contribution in [0.1, 0.15) is 26.5 Å². The Balaban J connectivity index is 1.43. The van der Waals surface area contributed by atoms with E-state index in [1.807, 2.05) is 20.8 Å². The van der Waals surface area contributed by atoms with E-state index in [9.17, 15) is 13.6 Å². The lowest BCUT2D eigenvalue weighted by molar-refractivity contribution is 0.0534. The number of halogens is 2. The first-order valence-electron chi connectivity index (χ1n) is 9.18. The fraction of sp³-hybridized carbons (Fsp3) is 0.211. The highest BCUT2D eigenvalue weighted by Crippen LogP contribution is 2.29. The molecule has 2 aliphatic heterocycles. The number of nitrogens with one attached hydrogen (secondary N) is 4. The van der Waals surface area contributed by atoms with Crippen LogP contribution in [-0.2, 0) is 5.41 Å². The Labute approximate surface area is 175 Å². The number of anilines is 2. The maximum Gasteiger partial charge on any atom is 0.324 e. The monoisotopic (exact) mass is 431 g/mol. The minimum absolute atomic E-state index is 0.115. The molecule has 4 N–H and O–H groups in total. The Morgan fingerprint density at radius 1 is 1.19 bits per heavy atom. The van der Waals surface area contributed by atoms with E-state index < -0.39 is 23.4 Å². The number of aromatic nitrogens is 1. The Hall–Kier alpha value is -4.09. The van der Waals surface area contributed by atoms with E-state index in [0.29, 0.717) is 17.2 Å². The van der Waals surface area contributed by atoms with Crippen molar-refractivity contribution in [2.75, 3.05) is 10.6 Å². The fourth-order valence-corrected chi connectivity index (χ4v) is 2.69. The molecular formula is C19H19F2N7O3. The molecule has 0 fully saturated rings. The summed E-state index contributed by atoms with van der Waals surface area (Å²) >= 11 is 0. The second-order valence-corrected chi connectivity index (χ2v) is 7.70. The summed E-state index contributed by atoms with van der Waals surface area (Å²) in [5, 5.41) is 9.63. The normalized spacial score (nSPS) is 14.8. The molecule has 12 heteroatoms. The maximum absolute atomic E-state index is 14.5. The van der Waals surface area contributed by atoms with Gasteiger partial charge in [-0.25, -0.2) is 18.6 Å². The number of rotatable bonds is 4. The Morgan fingerprint density at radius 3 is 2.61 bits per heavy atom. The predicted octanol–water partition coefficient (Wildman–Crippen LogP) is 3.32. The molecule has 0 radical (unpaired) electrons. The Morgan fingerprint density at radius 2 is 1.94 bits per heavy atom. The van der Waals surface area contributed by atoms with Crippen molar-refractivity contribution in [3.63, 3.8) is 0 Å². The molecule has 2 aromatic rings. The van der Waals surface area contributed by atoms with Gasteiger partial charge in [-0.3, -0.25) is 10.7 Å². The summed E-state index contributed by atoms with van der Waals surface area (Å²) in [6.45, 7) is 5.78. The van der Waals surface area contributed by atoms with Crippen molar-refractivity contribution in [1.82, 2.24) is 21.1 Å². The van der Waals surface area contributed by atoms with Crippen LogP contribution in [0, 0.1) is 11.6 Å². The number of amides is 2. The van der Waals surface area contributed by atoms with Gasteiger partial charge < -0.3 is 20.1 Å². The quantitative estimate of drug-likeness (QED) is 0.587. The third kappa shape index (κ3) is 4.27. The Kier molecular flexibility index (Phi) is 4.97. The van der Waals surface area contributed by atoms with Crippen molar-refractivity contribution >= 4 is 23.9 Å². The van der Waals surface area contributed by atoms with E-state index in [1.54, 1.807) is 12.3 Å². The highest BCUT2D eigenvalue weighted by atomic mass is 19.1. The van der Waals surface area contributed by atoms with Gasteiger partial charge in [0.15, 0.2) is 17.5 Å². The maximum atomic E-state index is 14.5. The zero-order valence-electron chi connectivity index (χ0n) is 16.8. The summed E-state index contributed by atoms with van der Waals surface area (Å²) in [7, 11) is 0. The number of nitrogens with zero attached hydrogens (tertiary/aromatic N) is 3.